The Morgan fingerprint density at radius 2 is 1.83 bits per heavy atom. The number of aliphatic imine (C=N–C) groups is 1. The van der Waals surface area contributed by atoms with Gasteiger partial charge in [-0.1, -0.05) is 51.1 Å². The summed E-state index contributed by atoms with van der Waals surface area (Å²) in [7, 11) is 3.65. The fraction of sp³-hybridized carbons (Fsp3) is 0.350. The number of anilines is 1. The summed E-state index contributed by atoms with van der Waals surface area (Å²) in [6.07, 6.45) is 1.93. The number of benzene rings is 2. The minimum atomic E-state index is 0.0227. The van der Waals surface area contributed by atoms with Crippen LogP contribution >= 0.6 is 0 Å². The zero-order chi connectivity index (χ0) is 16.9. The van der Waals surface area contributed by atoms with Crippen molar-refractivity contribution in [1.82, 2.24) is 0 Å². The molecule has 2 rings (SSSR count). The summed E-state index contributed by atoms with van der Waals surface area (Å²) in [6, 6.07) is 14.4. The fourth-order valence-electron chi connectivity index (χ4n) is 2.56. The molecule has 0 bridgehead atoms. The lowest BCUT2D eigenvalue weighted by atomic mass is 9.84. The first-order valence-corrected chi connectivity index (χ1v) is 7.89. The van der Waals surface area contributed by atoms with Gasteiger partial charge in [0.05, 0.1) is 13.7 Å². The standard InChI is InChI=1S/C20H26N2O/c1-20(2,3)18-12-17(23-5)11-16(19(18)21-4)14-22-13-15-9-7-6-8-10-15/h6-12,14,21H,13H2,1-5H3. The molecule has 3 heteroatoms. The molecule has 2 aromatic rings. The Balaban J connectivity index is 2.36. The zero-order valence-corrected chi connectivity index (χ0v) is 14.7. The maximum Gasteiger partial charge on any atom is 0.119 e. The molecule has 3 nitrogen and oxygen atoms in total. The van der Waals surface area contributed by atoms with E-state index < -0.39 is 0 Å². The summed E-state index contributed by atoms with van der Waals surface area (Å²) >= 11 is 0. The van der Waals surface area contributed by atoms with Gasteiger partial charge in [0.2, 0.25) is 0 Å². The molecule has 0 heterocycles. The van der Waals surface area contributed by atoms with Crippen molar-refractivity contribution < 1.29 is 4.74 Å². The van der Waals surface area contributed by atoms with Crippen LogP contribution in [0.25, 0.3) is 0 Å². The average molecular weight is 310 g/mol. The molecular weight excluding hydrogens is 284 g/mol. The van der Waals surface area contributed by atoms with Crippen molar-refractivity contribution in [3.05, 3.63) is 59.2 Å². The molecule has 0 saturated carbocycles. The van der Waals surface area contributed by atoms with Crippen LogP contribution in [0.2, 0.25) is 0 Å². The normalized spacial score (nSPS) is 11.7. The van der Waals surface area contributed by atoms with Gasteiger partial charge in [-0.2, -0.15) is 0 Å². The first-order chi connectivity index (χ1) is 11.0. The summed E-state index contributed by atoms with van der Waals surface area (Å²) in [5.41, 5.74) is 4.60. The Hall–Kier alpha value is -2.29. The molecule has 0 aliphatic carbocycles. The second kappa shape index (κ2) is 7.32. The van der Waals surface area contributed by atoms with Crippen LogP contribution in [-0.4, -0.2) is 20.4 Å². The van der Waals surface area contributed by atoms with E-state index >= 15 is 0 Å². The highest BCUT2D eigenvalue weighted by molar-refractivity contribution is 5.90. The maximum absolute atomic E-state index is 5.47. The van der Waals surface area contributed by atoms with Crippen molar-refractivity contribution in [2.75, 3.05) is 19.5 Å². The first-order valence-electron chi connectivity index (χ1n) is 7.89. The van der Waals surface area contributed by atoms with Gasteiger partial charge in [0.1, 0.15) is 5.75 Å². The topological polar surface area (TPSA) is 33.6 Å². The van der Waals surface area contributed by atoms with Crippen molar-refractivity contribution in [3.63, 3.8) is 0 Å². The highest BCUT2D eigenvalue weighted by Crippen LogP contribution is 2.35. The van der Waals surface area contributed by atoms with Crippen LogP contribution in [-0.2, 0) is 12.0 Å². The maximum atomic E-state index is 5.47. The van der Waals surface area contributed by atoms with E-state index in [1.54, 1.807) is 7.11 Å². The van der Waals surface area contributed by atoms with E-state index in [2.05, 4.69) is 49.3 Å². The molecule has 0 unspecified atom stereocenters. The number of ether oxygens (including phenoxy) is 1. The molecule has 0 fully saturated rings. The first kappa shape index (κ1) is 17.1. The second-order valence-corrected chi connectivity index (χ2v) is 6.59. The number of hydrogen-bond donors (Lipinski definition) is 1. The van der Waals surface area contributed by atoms with Crippen LogP contribution in [0.1, 0.15) is 37.5 Å². The number of nitrogens with one attached hydrogen (secondary N) is 1. The third-order valence-corrected chi connectivity index (χ3v) is 3.78. The minimum Gasteiger partial charge on any atom is -0.497 e. The van der Waals surface area contributed by atoms with Crippen molar-refractivity contribution in [2.24, 2.45) is 4.99 Å². The second-order valence-electron chi connectivity index (χ2n) is 6.59. The Bertz CT molecular complexity index is 670. The predicted molar refractivity (Wildman–Crippen MR) is 99.0 cm³/mol. The zero-order valence-electron chi connectivity index (χ0n) is 14.7. The molecule has 0 aliphatic heterocycles. The number of methoxy groups -OCH3 is 1. The lowest BCUT2D eigenvalue weighted by molar-refractivity contribution is 0.413. The van der Waals surface area contributed by atoms with Crippen molar-refractivity contribution in [2.45, 2.75) is 32.7 Å². The quantitative estimate of drug-likeness (QED) is 0.815. The van der Waals surface area contributed by atoms with E-state index in [1.165, 1.54) is 11.1 Å². The van der Waals surface area contributed by atoms with E-state index in [0.29, 0.717) is 6.54 Å². The van der Waals surface area contributed by atoms with Gasteiger partial charge in [0, 0.05) is 24.5 Å². The van der Waals surface area contributed by atoms with E-state index in [4.69, 9.17) is 4.74 Å². The van der Waals surface area contributed by atoms with Gasteiger partial charge in [0.15, 0.2) is 0 Å². The predicted octanol–water partition coefficient (Wildman–Crippen LogP) is 4.65. The largest absolute Gasteiger partial charge is 0.497 e. The molecule has 23 heavy (non-hydrogen) atoms. The number of rotatable bonds is 5. The molecular formula is C20H26N2O. The Kier molecular flexibility index (Phi) is 5.43. The molecule has 0 spiro atoms. The van der Waals surface area contributed by atoms with Crippen LogP contribution in [0.3, 0.4) is 0 Å². The Morgan fingerprint density at radius 1 is 1.13 bits per heavy atom. The van der Waals surface area contributed by atoms with Crippen LogP contribution < -0.4 is 10.1 Å². The SMILES string of the molecule is CNc1c(C=NCc2ccccc2)cc(OC)cc1C(C)(C)C. The molecule has 0 amide bonds. The van der Waals surface area contributed by atoms with Gasteiger partial charge in [-0.3, -0.25) is 4.99 Å². The third kappa shape index (κ3) is 4.35. The lowest BCUT2D eigenvalue weighted by Gasteiger charge is -2.25. The summed E-state index contributed by atoms with van der Waals surface area (Å²) in [5.74, 6) is 0.857. The molecule has 0 aromatic heterocycles. The molecule has 0 saturated heterocycles. The summed E-state index contributed by atoms with van der Waals surface area (Å²) < 4.78 is 5.47. The monoisotopic (exact) mass is 310 g/mol. The van der Waals surface area contributed by atoms with Gasteiger partial charge in [-0.25, -0.2) is 0 Å². The molecule has 0 radical (unpaired) electrons. The van der Waals surface area contributed by atoms with E-state index in [-0.39, 0.29) is 5.41 Å². The summed E-state index contributed by atoms with van der Waals surface area (Å²) in [5, 5.41) is 3.32. The van der Waals surface area contributed by atoms with Gasteiger partial charge in [-0.15, -0.1) is 0 Å². The molecule has 122 valence electrons. The van der Waals surface area contributed by atoms with E-state index in [9.17, 15) is 0 Å². The minimum absolute atomic E-state index is 0.0227. The van der Waals surface area contributed by atoms with Crippen LogP contribution in [0.5, 0.6) is 5.75 Å². The lowest BCUT2D eigenvalue weighted by Crippen LogP contribution is -2.15. The summed E-state index contributed by atoms with van der Waals surface area (Å²) in [4.78, 5) is 4.60. The molecule has 0 aliphatic rings. The van der Waals surface area contributed by atoms with Crippen LogP contribution in [0.15, 0.2) is 47.5 Å². The smallest absolute Gasteiger partial charge is 0.119 e. The highest BCUT2D eigenvalue weighted by atomic mass is 16.5. The molecule has 1 N–H and O–H groups in total. The highest BCUT2D eigenvalue weighted by Gasteiger charge is 2.20. The number of hydrogen-bond acceptors (Lipinski definition) is 3. The van der Waals surface area contributed by atoms with Gasteiger partial charge in [0.25, 0.3) is 0 Å². The van der Waals surface area contributed by atoms with Gasteiger partial charge in [-0.05, 0) is 28.7 Å². The number of nitrogens with zero attached hydrogens (tertiary/aromatic N) is 1. The Morgan fingerprint density at radius 3 is 2.39 bits per heavy atom. The molecule has 0 atom stereocenters. The van der Waals surface area contributed by atoms with Crippen LogP contribution in [0.4, 0.5) is 5.69 Å². The third-order valence-electron chi connectivity index (χ3n) is 3.78. The van der Waals surface area contributed by atoms with Crippen molar-refractivity contribution in [1.29, 1.82) is 0 Å². The van der Waals surface area contributed by atoms with E-state index in [1.807, 2.05) is 37.5 Å². The fourth-order valence-corrected chi connectivity index (χ4v) is 2.56. The van der Waals surface area contributed by atoms with Gasteiger partial charge >= 0.3 is 0 Å². The summed E-state index contributed by atoms with van der Waals surface area (Å²) in [6.45, 7) is 7.28. The van der Waals surface area contributed by atoms with E-state index in [0.717, 1.165) is 17.0 Å². The average Bonchev–Trinajstić information content (AvgIpc) is 2.54. The van der Waals surface area contributed by atoms with Gasteiger partial charge < -0.3 is 10.1 Å². The van der Waals surface area contributed by atoms with Crippen LogP contribution in [0, 0.1) is 0 Å². The van der Waals surface area contributed by atoms with Crippen molar-refractivity contribution in [3.8, 4) is 5.75 Å². The van der Waals surface area contributed by atoms with Crippen molar-refractivity contribution >= 4 is 11.9 Å². The molecule has 2 aromatic carbocycles. The Labute approximate surface area is 139 Å².